The number of rotatable bonds is 6. The van der Waals surface area contributed by atoms with Crippen molar-refractivity contribution in [2.45, 2.75) is 64.7 Å². The number of hydrogen-bond acceptors (Lipinski definition) is 5. The molecule has 0 atom stereocenters. The average Bonchev–Trinajstić information content (AvgIpc) is 3.54. The number of hydrogen-bond donors (Lipinski definition) is 0. The topological polar surface area (TPSA) is 94.2 Å². The van der Waals surface area contributed by atoms with Gasteiger partial charge < -0.3 is 4.90 Å². The minimum Gasteiger partial charge on any atom is -0.325 e. The molecule has 0 spiro atoms. The molecule has 4 rings (SSSR count). The van der Waals surface area contributed by atoms with Gasteiger partial charge in [0.1, 0.15) is 6.54 Å². The summed E-state index contributed by atoms with van der Waals surface area (Å²) in [5.41, 5.74) is 0.841. The number of nitrogens with zero attached hydrogens (tertiary/aromatic N) is 5. The Morgan fingerprint density at radius 1 is 1.23 bits per heavy atom. The summed E-state index contributed by atoms with van der Waals surface area (Å²) in [4.78, 5) is 29.8. The zero-order chi connectivity index (χ0) is 25.7. The van der Waals surface area contributed by atoms with Gasteiger partial charge in [-0.2, -0.15) is 18.3 Å². The van der Waals surface area contributed by atoms with E-state index >= 15 is 0 Å². The van der Waals surface area contributed by atoms with Crippen LogP contribution in [0.25, 0.3) is 11.0 Å². The number of aryl methyl sites for hydroxylation is 1. The maximum atomic E-state index is 13.7. The number of pyridine rings is 1. The lowest BCUT2D eigenvalue weighted by molar-refractivity contribution is -0.385. The van der Waals surface area contributed by atoms with E-state index in [0.29, 0.717) is 27.3 Å². The summed E-state index contributed by atoms with van der Waals surface area (Å²) >= 11 is 0. The number of carbonyl (C=O) groups is 1. The summed E-state index contributed by atoms with van der Waals surface area (Å²) in [7, 11) is 0. The van der Waals surface area contributed by atoms with Crippen molar-refractivity contribution in [2.75, 3.05) is 6.54 Å². The zero-order valence-electron chi connectivity index (χ0n) is 19.9. The number of nitro benzene ring substituents is 1. The third-order valence-corrected chi connectivity index (χ3v) is 5.90. The van der Waals surface area contributed by atoms with E-state index in [9.17, 15) is 28.1 Å². The SMILES string of the molecule is Cc1nn(C(C)(C)C)c2nc(C3CC3)cc(C(=O)N(Cc3ccccc3[N+](=O)[O-])CC(F)(F)F)c12. The van der Waals surface area contributed by atoms with Gasteiger partial charge in [0.15, 0.2) is 5.65 Å². The van der Waals surface area contributed by atoms with Crippen molar-refractivity contribution >= 4 is 22.6 Å². The van der Waals surface area contributed by atoms with Crippen molar-refractivity contribution in [2.24, 2.45) is 0 Å². The van der Waals surface area contributed by atoms with Crippen LogP contribution in [-0.4, -0.2) is 43.2 Å². The molecule has 0 bridgehead atoms. The molecule has 1 amide bonds. The molecule has 2 aromatic heterocycles. The van der Waals surface area contributed by atoms with Gasteiger partial charge in [-0.05, 0) is 46.6 Å². The van der Waals surface area contributed by atoms with Gasteiger partial charge in [-0.15, -0.1) is 0 Å². The average molecular weight is 489 g/mol. The van der Waals surface area contributed by atoms with Crippen LogP contribution in [0.2, 0.25) is 0 Å². The quantitative estimate of drug-likeness (QED) is 0.337. The molecule has 0 aliphatic heterocycles. The maximum Gasteiger partial charge on any atom is 0.406 e. The Labute approximate surface area is 199 Å². The Kier molecular flexibility index (Phi) is 6.06. The molecule has 0 saturated heterocycles. The van der Waals surface area contributed by atoms with Gasteiger partial charge in [-0.3, -0.25) is 14.9 Å². The molecule has 2 heterocycles. The summed E-state index contributed by atoms with van der Waals surface area (Å²) in [6, 6.07) is 7.04. The van der Waals surface area contributed by atoms with Crippen LogP contribution in [0, 0.1) is 17.0 Å². The molecule has 8 nitrogen and oxygen atoms in total. The Bertz CT molecular complexity index is 1310. The first-order valence-corrected chi connectivity index (χ1v) is 11.3. The number of carbonyl (C=O) groups excluding carboxylic acids is 1. The minimum absolute atomic E-state index is 0.0184. The lowest BCUT2D eigenvalue weighted by Gasteiger charge is -2.25. The third-order valence-electron chi connectivity index (χ3n) is 5.90. The Morgan fingerprint density at radius 3 is 2.46 bits per heavy atom. The molecular weight excluding hydrogens is 463 g/mol. The lowest BCUT2D eigenvalue weighted by Crippen LogP contribution is -2.38. The fourth-order valence-corrected chi connectivity index (χ4v) is 4.15. The fraction of sp³-hybridized carbons (Fsp3) is 0.458. The Hall–Kier alpha value is -3.50. The second kappa shape index (κ2) is 8.62. The minimum atomic E-state index is -4.70. The largest absolute Gasteiger partial charge is 0.406 e. The Balaban J connectivity index is 1.87. The van der Waals surface area contributed by atoms with Crippen LogP contribution < -0.4 is 0 Å². The van der Waals surface area contributed by atoms with Gasteiger partial charge in [-0.1, -0.05) is 18.2 Å². The van der Waals surface area contributed by atoms with E-state index < -0.39 is 35.6 Å². The highest BCUT2D eigenvalue weighted by atomic mass is 19.4. The van der Waals surface area contributed by atoms with Crippen LogP contribution in [0.3, 0.4) is 0 Å². The molecule has 1 aliphatic rings. The van der Waals surface area contributed by atoms with E-state index in [1.165, 1.54) is 24.3 Å². The zero-order valence-corrected chi connectivity index (χ0v) is 19.9. The third kappa shape index (κ3) is 5.13. The van der Waals surface area contributed by atoms with Crippen molar-refractivity contribution in [3.63, 3.8) is 0 Å². The molecule has 1 fully saturated rings. The molecule has 0 radical (unpaired) electrons. The van der Waals surface area contributed by atoms with Crippen LogP contribution in [0.5, 0.6) is 0 Å². The molecule has 1 aromatic carbocycles. The van der Waals surface area contributed by atoms with Gasteiger partial charge in [-0.25, -0.2) is 9.67 Å². The predicted octanol–water partition coefficient (Wildman–Crippen LogP) is 5.49. The highest BCUT2D eigenvalue weighted by Gasteiger charge is 2.37. The number of benzene rings is 1. The smallest absolute Gasteiger partial charge is 0.325 e. The van der Waals surface area contributed by atoms with Crippen molar-refractivity contribution < 1.29 is 22.9 Å². The summed E-state index contributed by atoms with van der Waals surface area (Å²) in [6.07, 6.45) is -2.93. The van der Waals surface area contributed by atoms with Crippen LogP contribution in [0.1, 0.15) is 66.8 Å². The molecule has 1 saturated carbocycles. The summed E-state index contributed by atoms with van der Waals surface area (Å²) in [5, 5.41) is 16.4. The molecule has 0 unspecified atom stereocenters. The molecular formula is C24H26F3N5O3. The summed E-state index contributed by atoms with van der Waals surface area (Å²) in [5.74, 6) is -0.729. The standard InChI is InChI=1S/C24H26F3N5O3/c1-14-20-17(11-18(15-9-10-15)28-21(20)31(29-14)23(2,3)4)22(33)30(13-24(25,26)27)12-16-7-5-6-8-19(16)32(34)35/h5-8,11,15H,9-10,12-13H2,1-4H3. The van der Waals surface area contributed by atoms with E-state index in [0.717, 1.165) is 12.8 Å². The number of amides is 1. The van der Waals surface area contributed by atoms with Gasteiger partial charge in [0.2, 0.25) is 0 Å². The number of alkyl halides is 3. The van der Waals surface area contributed by atoms with Crippen LogP contribution in [0.15, 0.2) is 30.3 Å². The predicted molar refractivity (Wildman–Crippen MR) is 123 cm³/mol. The molecule has 1 aliphatic carbocycles. The second-order valence-electron chi connectivity index (χ2n) is 9.90. The van der Waals surface area contributed by atoms with Crippen LogP contribution >= 0.6 is 0 Å². The maximum absolute atomic E-state index is 13.7. The van der Waals surface area contributed by atoms with Crippen molar-refractivity contribution in [1.82, 2.24) is 19.7 Å². The Morgan fingerprint density at radius 2 is 1.89 bits per heavy atom. The molecule has 3 aromatic rings. The van der Waals surface area contributed by atoms with E-state index in [2.05, 4.69) is 5.10 Å². The number of aromatic nitrogens is 3. The van der Waals surface area contributed by atoms with E-state index in [4.69, 9.17) is 4.98 Å². The molecule has 186 valence electrons. The van der Waals surface area contributed by atoms with Crippen molar-refractivity contribution in [3.8, 4) is 0 Å². The molecule has 35 heavy (non-hydrogen) atoms. The molecule has 0 N–H and O–H groups in total. The monoisotopic (exact) mass is 489 g/mol. The van der Waals surface area contributed by atoms with Crippen molar-refractivity contribution in [3.05, 3.63) is 63.0 Å². The van der Waals surface area contributed by atoms with Gasteiger partial charge in [0.05, 0.1) is 33.7 Å². The number of para-hydroxylation sites is 1. The second-order valence-corrected chi connectivity index (χ2v) is 9.90. The van der Waals surface area contributed by atoms with E-state index in [-0.39, 0.29) is 22.7 Å². The highest BCUT2D eigenvalue weighted by Crippen LogP contribution is 2.41. The number of halogens is 3. The molecule has 11 heteroatoms. The van der Waals surface area contributed by atoms with E-state index in [1.807, 2.05) is 20.8 Å². The number of nitro groups is 1. The van der Waals surface area contributed by atoms with Crippen molar-refractivity contribution in [1.29, 1.82) is 0 Å². The van der Waals surface area contributed by atoms with Gasteiger partial charge >= 0.3 is 6.18 Å². The fourth-order valence-electron chi connectivity index (χ4n) is 4.15. The first-order chi connectivity index (χ1) is 16.3. The summed E-state index contributed by atoms with van der Waals surface area (Å²) < 4.78 is 42.4. The van der Waals surface area contributed by atoms with Crippen LogP contribution in [-0.2, 0) is 12.1 Å². The van der Waals surface area contributed by atoms with Gasteiger partial charge in [0, 0.05) is 23.2 Å². The van der Waals surface area contributed by atoms with Gasteiger partial charge in [0.25, 0.3) is 11.6 Å². The first kappa shape index (κ1) is 24.6. The van der Waals surface area contributed by atoms with E-state index in [1.54, 1.807) is 17.7 Å². The lowest BCUT2D eigenvalue weighted by atomic mass is 10.0. The summed E-state index contributed by atoms with van der Waals surface area (Å²) in [6.45, 7) is 5.36. The normalized spacial score (nSPS) is 14.4. The highest BCUT2D eigenvalue weighted by molar-refractivity contribution is 6.06. The number of fused-ring (bicyclic) bond motifs is 1. The van der Waals surface area contributed by atoms with Crippen LogP contribution in [0.4, 0.5) is 18.9 Å². The first-order valence-electron chi connectivity index (χ1n) is 11.3.